The zero-order valence-corrected chi connectivity index (χ0v) is 14.2. The molecule has 0 unspecified atom stereocenters. The first-order chi connectivity index (χ1) is 11.7. The molecule has 6 heteroatoms. The SMILES string of the molecule is O=C(CNCc1ccc(Cl)cc1)N1CCN(c2ccccn2)CC1. The van der Waals surface area contributed by atoms with Crippen molar-refractivity contribution in [1.82, 2.24) is 15.2 Å². The van der Waals surface area contributed by atoms with Crippen LogP contribution in [0.5, 0.6) is 0 Å². The molecule has 0 spiro atoms. The minimum atomic E-state index is 0.143. The minimum Gasteiger partial charge on any atom is -0.353 e. The van der Waals surface area contributed by atoms with Crippen LogP contribution in [0.4, 0.5) is 5.82 Å². The quantitative estimate of drug-likeness (QED) is 0.903. The second-order valence-electron chi connectivity index (χ2n) is 5.79. The van der Waals surface area contributed by atoms with Gasteiger partial charge in [-0.25, -0.2) is 4.98 Å². The highest BCUT2D eigenvalue weighted by Gasteiger charge is 2.21. The fourth-order valence-corrected chi connectivity index (χ4v) is 2.88. The molecule has 24 heavy (non-hydrogen) atoms. The van der Waals surface area contributed by atoms with Crippen LogP contribution >= 0.6 is 11.6 Å². The first-order valence-corrected chi connectivity index (χ1v) is 8.49. The van der Waals surface area contributed by atoms with Crippen LogP contribution < -0.4 is 10.2 Å². The van der Waals surface area contributed by atoms with Crippen LogP contribution in [0.1, 0.15) is 5.56 Å². The molecule has 1 N–H and O–H groups in total. The highest BCUT2D eigenvalue weighted by molar-refractivity contribution is 6.30. The minimum absolute atomic E-state index is 0.143. The molecule has 1 aliphatic rings. The second-order valence-corrected chi connectivity index (χ2v) is 6.22. The van der Waals surface area contributed by atoms with Gasteiger partial charge in [-0.15, -0.1) is 0 Å². The second kappa shape index (κ2) is 8.13. The van der Waals surface area contributed by atoms with Crippen molar-refractivity contribution in [1.29, 1.82) is 0 Å². The first-order valence-electron chi connectivity index (χ1n) is 8.11. The number of piperazine rings is 1. The summed E-state index contributed by atoms with van der Waals surface area (Å²) in [6, 6.07) is 13.5. The van der Waals surface area contributed by atoms with Gasteiger partial charge < -0.3 is 15.1 Å². The smallest absolute Gasteiger partial charge is 0.236 e. The highest BCUT2D eigenvalue weighted by atomic mass is 35.5. The molecule has 0 radical (unpaired) electrons. The van der Waals surface area contributed by atoms with Crippen LogP contribution in [0.25, 0.3) is 0 Å². The Morgan fingerprint density at radius 1 is 1.08 bits per heavy atom. The van der Waals surface area contributed by atoms with Gasteiger partial charge in [0.1, 0.15) is 5.82 Å². The summed E-state index contributed by atoms with van der Waals surface area (Å²) in [5.41, 5.74) is 1.12. The molecule has 1 fully saturated rings. The summed E-state index contributed by atoms with van der Waals surface area (Å²) >= 11 is 5.86. The number of hydrogen-bond donors (Lipinski definition) is 1. The number of aromatic nitrogens is 1. The number of rotatable bonds is 5. The van der Waals surface area contributed by atoms with Crippen LogP contribution in [-0.4, -0.2) is 48.5 Å². The van der Waals surface area contributed by atoms with Crippen molar-refractivity contribution in [2.24, 2.45) is 0 Å². The van der Waals surface area contributed by atoms with Gasteiger partial charge in [0, 0.05) is 43.9 Å². The van der Waals surface area contributed by atoms with Crippen molar-refractivity contribution in [3.05, 3.63) is 59.2 Å². The lowest BCUT2D eigenvalue weighted by atomic mass is 10.2. The number of carbonyl (C=O) groups is 1. The van der Waals surface area contributed by atoms with Crippen LogP contribution in [0.2, 0.25) is 5.02 Å². The normalized spacial score (nSPS) is 14.7. The van der Waals surface area contributed by atoms with Crippen molar-refractivity contribution >= 4 is 23.3 Å². The summed E-state index contributed by atoms with van der Waals surface area (Å²) in [4.78, 5) is 20.8. The Labute approximate surface area is 147 Å². The maximum absolute atomic E-state index is 12.3. The van der Waals surface area contributed by atoms with Crippen molar-refractivity contribution in [2.45, 2.75) is 6.54 Å². The molecule has 1 amide bonds. The first kappa shape index (κ1) is 16.7. The Hall–Kier alpha value is -2.11. The summed E-state index contributed by atoms with van der Waals surface area (Å²) < 4.78 is 0. The molecule has 2 heterocycles. The molecule has 0 aliphatic carbocycles. The van der Waals surface area contributed by atoms with Crippen molar-refractivity contribution in [2.75, 3.05) is 37.6 Å². The lowest BCUT2D eigenvalue weighted by Gasteiger charge is -2.35. The Balaban J connectivity index is 1.41. The largest absolute Gasteiger partial charge is 0.353 e. The fraction of sp³-hybridized carbons (Fsp3) is 0.333. The standard InChI is InChI=1S/C18H21ClN4O/c19-16-6-4-15(5-7-16)13-20-14-18(24)23-11-9-22(10-12-23)17-3-1-2-8-21-17/h1-8,20H,9-14H2. The van der Waals surface area contributed by atoms with Gasteiger partial charge in [-0.3, -0.25) is 4.79 Å². The summed E-state index contributed by atoms with van der Waals surface area (Å²) in [6.07, 6.45) is 1.80. The van der Waals surface area contributed by atoms with Gasteiger partial charge in [0.25, 0.3) is 0 Å². The van der Waals surface area contributed by atoms with E-state index in [1.807, 2.05) is 47.4 Å². The molecule has 3 rings (SSSR count). The Morgan fingerprint density at radius 2 is 1.83 bits per heavy atom. The average molecular weight is 345 g/mol. The molecule has 1 aromatic heterocycles. The van der Waals surface area contributed by atoms with Crippen LogP contribution in [0, 0.1) is 0 Å². The van der Waals surface area contributed by atoms with Crippen molar-refractivity contribution in [3.8, 4) is 0 Å². The average Bonchev–Trinajstić information content (AvgIpc) is 2.64. The van der Waals surface area contributed by atoms with Gasteiger partial charge in [0.15, 0.2) is 0 Å². The Bertz CT molecular complexity index is 654. The highest BCUT2D eigenvalue weighted by Crippen LogP contribution is 2.12. The third-order valence-corrected chi connectivity index (χ3v) is 4.38. The lowest BCUT2D eigenvalue weighted by molar-refractivity contribution is -0.130. The number of nitrogens with one attached hydrogen (secondary N) is 1. The molecular formula is C18H21ClN4O. The molecule has 2 aromatic rings. The maximum Gasteiger partial charge on any atom is 0.236 e. The van der Waals surface area contributed by atoms with Crippen molar-refractivity contribution < 1.29 is 4.79 Å². The summed E-state index contributed by atoms with van der Waals surface area (Å²) in [7, 11) is 0. The van der Waals surface area contributed by atoms with Crippen LogP contribution in [-0.2, 0) is 11.3 Å². The number of hydrogen-bond acceptors (Lipinski definition) is 4. The maximum atomic E-state index is 12.3. The van der Waals surface area contributed by atoms with Gasteiger partial charge in [-0.2, -0.15) is 0 Å². The van der Waals surface area contributed by atoms with E-state index in [4.69, 9.17) is 11.6 Å². The van der Waals surface area contributed by atoms with E-state index in [9.17, 15) is 4.79 Å². The summed E-state index contributed by atoms with van der Waals surface area (Å²) in [5.74, 6) is 1.12. The number of pyridine rings is 1. The molecule has 0 atom stereocenters. The van der Waals surface area contributed by atoms with Gasteiger partial charge in [0.2, 0.25) is 5.91 Å². The van der Waals surface area contributed by atoms with Gasteiger partial charge >= 0.3 is 0 Å². The molecule has 5 nitrogen and oxygen atoms in total. The third kappa shape index (κ3) is 4.46. The van der Waals surface area contributed by atoms with Gasteiger partial charge in [-0.1, -0.05) is 29.8 Å². The number of amides is 1. The molecule has 0 bridgehead atoms. The van der Waals surface area contributed by atoms with E-state index >= 15 is 0 Å². The fourth-order valence-electron chi connectivity index (χ4n) is 2.75. The monoisotopic (exact) mass is 344 g/mol. The predicted molar refractivity (Wildman–Crippen MR) is 96.2 cm³/mol. The van der Waals surface area contributed by atoms with Gasteiger partial charge in [-0.05, 0) is 29.8 Å². The number of carbonyl (C=O) groups excluding carboxylic acids is 1. The van der Waals surface area contributed by atoms with E-state index < -0.39 is 0 Å². The van der Waals surface area contributed by atoms with E-state index in [1.54, 1.807) is 6.20 Å². The Morgan fingerprint density at radius 3 is 2.50 bits per heavy atom. The van der Waals surface area contributed by atoms with Crippen molar-refractivity contribution in [3.63, 3.8) is 0 Å². The summed E-state index contributed by atoms with van der Waals surface area (Å²) in [6.45, 7) is 4.12. The van der Waals surface area contributed by atoms with E-state index in [-0.39, 0.29) is 5.91 Å². The summed E-state index contributed by atoms with van der Waals surface area (Å²) in [5, 5.41) is 3.92. The van der Waals surface area contributed by atoms with Crippen LogP contribution in [0.15, 0.2) is 48.7 Å². The molecule has 126 valence electrons. The number of benzene rings is 1. The molecule has 1 aliphatic heterocycles. The van der Waals surface area contributed by atoms with E-state index in [2.05, 4.69) is 15.2 Å². The number of halogens is 1. The van der Waals surface area contributed by atoms with E-state index in [1.165, 1.54) is 0 Å². The molecule has 1 aromatic carbocycles. The zero-order valence-electron chi connectivity index (χ0n) is 13.5. The zero-order chi connectivity index (χ0) is 16.8. The lowest BCUT2D eigenvalue weighted by Crippen LogP contribution is -2.51. The molecule has 1 saturated heterocycles. The van der Waals surface area contributed by atoms with E-state index in [0.717, 1.165) is 42.6 Å². The molecular weight excluding hydrogens is 324 g/mol. The van der Waals surface area contributed by atoms with Gasteiger partial charge in [0.05, 0.1) is 6.54 Å². The number of nitrogens with zero attached hydrogens (tertiary/aromatic N) is 3. The number of anilines is 1. The topological polar surface area (TPSA) is 48.5 Å². The van der Waals surface area contributed by atoms with Crippen LogP contribution in [0.3, 0.4) is 0 Å². The van der Waals surface area contributed by atoms with E-state index in [0.29, 0.717) is 13.1 Å². The molecule has 0 saturated carbocycles. The third-order valence-electron chi connectivity index (χ3n) is 4.12. The predicted octanol–water partition coefficient (Wildman–Crippen LogP) is 2.17. The Kier molecular flexibility index (Phi) is 5.67.